The molecule has 0 radical (unpaired) electrons. The molecule has 0 aliphatic carbocycles. The third kappa shape index (κ3) is 7.41. The average molecular weight is 547 g/mol. The summed E-state index contributed by atoms with van der Waals surface area (Å²) in [6.07, 6.45) is 3.03. The number of pyridine rings is 1. The highest BCUT2D eigenvalue weighted by atomic mass is 32.1. The Morgan fingerprint density at radius 1 is 1.05 bits per heavy atom. The van der Waals surface area contributed by atoms with Crippen LogP contribution < -0.4 is 4.74 Å². The van der Waals surface area contributed by atoms with Crippen LogP contribution in [0.3, 0.4) is 0 Å². The summed E-state index contributed by atoms with van der Waals surface area (Å²) in [7, 11) is 0. The highest BCUT2D eigenvalue weighted by molar-refractivity contribution is 7.81. The van der Waals surface area contributed by atoms with E-state index in [1.54, 1.807) is 6.20 Å². The zero-order valence-electron chi connectivity index (χ0n) is 23.4. The first-order valence-electron chi connectivity index (χ1n) is 13.5. The molecule has 2 aromatic carbocycles. The largest absolute Gasteiger partial charge is 0.444 e. The third-order valence-corrected chi connectivity index (χ3v) is 7.07. The number of hydrogen-bond acceptors (Lipinski definition) is 6. The maximum absolute atomic E-state index is 13.7. The van der Waals surface area contributed by atoms with Crippen molar-refractivity contribution in [1.29, 1.82) is 0 Å². The predicted molar refractivity (Wildman–Crippen MR) is 157 cm³/mol. The third-order valence-electron chi connectivity index (χ3n) is 6.72. The van der Waals surface area contributed by atoms with E-state index < -0.39 is 5.60 Å². The molecule has 4 rings (SSSR count). The standard InChI is InChI=1S/C32H38N2O4S/c1-21(2)30-28-13-12-27(37-29-11-6-7-14-33-29)19-24(28)18-25(34(30)31(36)38-32(3,4)5)16-22-9-8-10-23(15-22)17-26(35)20-39/h6-15,19,21,25,30,39H,16-18,20H2,1-5H3. The van der Waals surface area contributed by atoms with Gasteiger partial charge in [0.1, 0.15) is 17.1 Å². The van der Waals surface area contributed by atoms with Gasteiger partial charge in [0, 0.05) is 30.5 Å². The zero-order chi connectivity index (χ0) is 28.2. The lowest BCUT2D eigenvalue weighted by Gasteiger charge is -2.45. The van der Waals surface area contributed by atoms with Crippen LogP contribution in [-0.2, 0) is 28.8 Å². The number of rotatable bonds is 8. The van der Waals surface area contributed by atoms with E-state index >= 15 is 0 Å². The maximum atomic E-state index is 13.7. The van der Waals surface area contributed by atoms with Crippen LogP contribution in [-0.4, -0.2) is 39.2 Å². The van der Waals surface area contributed by atoms with Gasteiger partial charge in [-0.1, -0.05) is 50.2 Å². The van der Waals surface area contributed by atoms with Crippen molar-refractivity contribution in [2.24, 2.45) is 5.92 Å². The molecule has 0 spiro atoms. The zero-order valence-corrected chi connectivity index (χ0v) is 24.3. The van der Waals surface area contributed by atoms with Crippen LogP contribution in [0, 0.1) is 5.92 Å². The van der Waals surface area contributed by atoms with Gasteiger partial charge in [-0.05, 0) is 80.0 Å². The number of ketones is 1. The predicted octanol–water partition coefficient (Wildman–Crippen LogP) is 7.02. The Labute approximate surface area is 237 Å². The van der Waals surface area contributed by atoms with Crippen molar-refractivity contribution in [2.45, 2.75) is 71.6 Å². The highest BCUT2D eigenvalue weighted by Crippen LogP contribution is 2.41. The number of carbonyl (C=O) groups excluding carboxylic acids is 2. The molecule has 0 saturated heterocycles. The van der Waals surface area contributed by atoms with Gasteiger partial charge < -0.3 is 9.47 Å². The second-order valence-corrected chi connectivity index (χ2v) is 11.8. The number of ether oxygens (including phenoxy) is 2. The van der Waals surface area contributed by atoms with E-state index in [9.17, 15) is 9.59 Å². The number of thiol groups is 1. The lowest BCUT2D eigenvalue weighted by Crippen LogP contribution is -2.51. The number of fused-ring (bicyclic) bond motifs is 1. The Balaban J connectivity index is 1.71. The molecule has 1 aromatic heterocycles. The second kappa shape index (κ2) is 12.2. The van der Waals surface area contributed by atoms with Gasteiger partial charge in [0.25, 0.3) is 0 Å². The molecule has 0 bridgehead atoms. The summed E-state index contributed by atoms with van der Waals surface area (Å²) in [6.45, 7) is 9.95. The number of Topliss-reactive ketones (excluding diaryl/α,β-unsaturated/α-hetero) is 1. The smallest absolute Gasteiger partial charge is 0.411 e. The molecule has 2 heterocycles. The second-order valence-electron chi connectivity index (χ2n) is 11.5. The fraction of sp³-hybridized carbons (Fsp3) is 0.406. The molecule has 0 N–H and O–H groups in total. The lowest BCUT2D eigenvalue weighted by atomic mass is 9.81. The minimum absolute atomic E-state index is 0.0813. The van der Waals surface area contributed by atoms with Gasteiger partial charge in [-0.3, -0.25) is 9.69 Å². The van der Waals surface area contributed by atoms with E-state index in [4.69, 9.17) is 9.47 Å². The summed E-state index contributed by atoms with van der Waals surface area (Å²) in [6, 6.07) is 19.4. The molecule has 39 heavy (non-hydrogen) atoms. The summed E-state index contributed by atoms with van der Waals surface area (Å²) in [5.41, 5.74) is 3.67. The fourth-order valence-corrected chi connectivity index (χ4v) is 5.33. The summed E-state index contributed by atoms with van der Waals surface area (Å²) in [5, 5.41) is 0. The van der Waals surface area contributed by atoms with Crippen molar-refractivity contribution >= 4 is 24.5 Å². The van der Waals surface area contributed by atoms with Crippen molar-refractivity contribution in [2.75, 3.05) is 5.75 Å². The Bertz CT molecular complexity index is 1300. The van der Waals surface area contributed by atoms with Gasteiger partial charge in [-0.15, -0.1) is 0 Å². The number of aromatic nitrogens is 1. The van der Waals surface area contributed by atoms with Crippen molar-refractivity contribution in [1.82, 2.24) is 9.88 Å². The van der Waals surface area contributed by atoms with Gasteiger partial charge >= 0.3 is 6.09 Å². The normalized spacial score (nSPS) is 17.1. The average Bonchev–Trinajstić information content (AvgIpc) is 2.87. The Morgan fingerprint density at radius 2 is 1.82 bits per heavy atom. The molecule has 0 saturated carbocycles. The van der Waals surface area contributed by atoms with Crippen molar-refractivity contribution in [3.8, 4) is 11.6 Å². The molecule has 1 aliphatic heterocycles. The Kier molecular flexibility index (Phi) is 9.01. The Hall–Kier alpha value is -3.32. The molecule has 3 aromatic rings. The highest BCUT2D eigenvalue weighted by Gasteiger charge is 2.41. The quantitative estimate of drug-likeness (QED) is 0.308. The molecule has 6 nitrogen and oxygen atoms in total. The van der Waals surface area contributed by atoms with Crippen molar-refractivity contribution < 1.29 is 19.1 Å². The minimum atomic E-state index is -0.614. The molecule has 1 aliphatic rings. The monoisotopic (exact) mass is 546 g/mol. The van der Waals surface area contributed by atoms with Crippen LogP contribution in [0.25, 0.3) is 0 Å². The van der Waals surface area contributed by atoms with E-state index in [0.29, 0.717) is 30.9 Å². The maximum Gasteiger partial charge on any atom is 0.411 e. The van der Waals surface area contributed by atoms with Crippen LogP contribution in [0.1, 0.15) is 62.9 Å². The van der Waals surface area contributed by atoms with Crippen LogP contribution in [0.4, 0.5) is 4.79 Å². The molecule has 2 atom stereocenters. The van der Waals surface area contributed by atoms with Crippen molar-refractivity contribution in [3.63, 3.8) is 0 Å². The van der Waals surface area contributed by atoms with Crippen LogP contribution in [0.15, 0.2) is 66.9 Å². The summed E-state index contributed by atoms with van der Waals surface area (Å²) in [5.74, 6) is 1.70. The Morgan fingerprint density at radius 3 is 2.49 bits per heavy atom. The number of benzene rings is 2. The number of amides is 1. The molecule has 1 amide bonds. The lowest BCUT2D eigenvalue weighted by molar-refractivity contribution is -0.115. The first kappa shape index (κ1) is 28.7. The minimum Gasteiger partial charge on any atom is -0.444 e. The fourth-order valence-electron chi connectivity index (χ4n) is 5.22. The summed E-state index contributed by atoms with van der Waals surface area (Å²) >= 11 is 4.12. The van der Waals surface area contributed by atoms with Gasteiger partial charge in [-0.2, -0.15) is 12.6 Å². The van der Waals surface area contributed by atoms with Crippen molar-refractivity contribution in [3.05, 3.63) is 89.1 Å². The van der Waals surface area contributed by atoms with Crippen LogP contribution in [0.2, 0.25) is 0 Å². The van der Waals surface area contributed by atoms with E-state index in [1.807, 2.05) is 62.1 Å². The van der Waals surface area contributed by atoms with E-state index in [1.165, 1.54) is 0 Å². The molecular weight excluding hydrogens is 508 g/mol. The van der Waals surface area contributed by atoms with E-state index in [2.05, 4.69) is 55.7 Å². The molecular formula is C32H38N2O4S. The van der Waals surface area contributed by atoms with Gasteiger partial charge in [0.2, 0.25) is 5.88 Å². The van der Waals surface area contributed by atoms with E-state index in [0.717, 1.165) is 22.3 Å². The first-order valence-corrected chi connectivity index (χ1v) is 14.1. The SMILES string of the molecule is CC(C)C1c2ccc(Oc3ccccn3)cc2CC(Cc2cccc(CC(=O)CS)c2)N1C(=O)OC(C)(C)C. The topological polar surface area (TPSA) is 68.7 Å². The molecule has 2 unspecified atom stereocenters. The summed E-state index contributed by atoms with van der Waals surface area (Å²) < 4.78 is 12.0. The van der Waals surface area contributed by atoms with Crippen LogP contribution in [0.5, 0.6) is 11.6 Å². The summed E-state index contributed by atoms with van der Waals surface area (Å²) in [4.78, 5) is 31.9. The number of carbonyl (C=O) groups is 2. The molecule has 0 fully saturated rings. The van der Waals surface area contributed by atoms with Crippen LogP contribution >= 0.6 is 12.6 Å². The molecule has 7 heteroatoms. The first-order chi connectivity index (χ1) is 18.5. The van der Waals surface area contributed by atoms with Gasteiger partial charge in [0.05, 0.1) is 6.04 Å². The molecule has 206 valence electrons. The number of hydrogen-bond donors (Lipinski definition) is 1. The number of nitrogens with zero attached hydrogens (tertiary/aromatic N) is 2. The van der Waals surface area contributed by atoms with Gasteiger partial charge in [-0.25, -0.2) is 9.78 Å². The van der Waals surface area contributed by atoms with E-state index in [-0.39, 0.29) is 35.6 Å². The van der Waals surface area contributed by atoms with Gasteiger partial charge in [0.15, 0.2) is 0 Å².